The number of nitrogens with zero attached hydrogens (tertiary/aromatic N) is 3. The molecule has 1 aliphatic rings. The highest BCUT2D eigenvalue weighted by Crippen LogP contribution is 2.32. The van der Waals surface area contributed by atoms with Gasteiger partial charge in [-0.3, -0.25) is 9.59 Å². The Morgan fingerprint density at radius 2 is 1.95 bits per heavy atom. The van der Waals surface area contributed by atoms with Gasteiger partial charge in [0.05, 0.1) is 27.8 Å². The summed E-state index contributed by atoms with van der Waals surface area (Å²) in [5, 5.41) is 7.74. The molecule has 4 aromatic rings. The summed E-state index contributed by atoms with van der Waals surface area (Å²) < 4.78 is 21.5. The van der Waals surface area contributed by atoms with E-state index in [2.05, 4.69) is 26.3 Å². The molecule has 0 unspecified atom stereocenters. The number of hydrogen-bond acceptors (Lipinski definition) is 5. The number of rotatable bonds is 7. The number of carbonyl (C=O) groups excluding carboxylic acids is 1. The number of aromatic nitrogens is 2. The molecule has 0 saturated heterocycles. The van der Waals surface area contributed by atoms with Crippen LogP contribution in [0.4, 0.5) is 10.1 Å². The summed E-state index contributed by atoms with van der Waals surface area (Å²) in [7, 11) is 0. The molecule has 1 amide bonds. The minimum absolute atomic E-state index is 0.0714. The van der Waals surface area contributed by atoms with E-state index in [0.717, 1.165) is 30.2 Å². The maximum Gasteiger partial charge on any atom is 0.282 e. The Morgan fingerprint density at radius 3 is 2.72 bits per heavy atom. The summed E-state index contributed by atoms with van der Waals surface area (Å²) in [6, 6.07) is 16.3. The van der Waals surface area contributed by atoms with Crippen LogP contribution in [-0.4, -0.2) is 28.4 Å². The van der Waals surface area contributed by atoms with Crippen molar-refractivity contribution in [3.05, 3.63) is 97.7 Å². The fourth-order valence-electron chi connectivity index (χ4n) is 4.63. The Labute approximate surface area is 237 Å². The Hall–Kier alpha value is -3.56. The van der Waals surface area contributed by atoms with Crippen LogP contribution in [0.2, 0.25) is 5.02 Å². The van der Waals surface area contributed by atoms with Crippen molar-refractivity contribution in [1.29, 1.82) is 0 Å². The van der Waals surface area contributed by atoms with Crippen molar-refractivity contribution < 1.29 is 13.9 Å². The summed E-state index contributed by atoms with van der Waals surface area (Å²) in [6.45, 7) is -0.347. The van der Waals surface area contributed by atoms with Crippen molar-refractivity contribution in [2.75, 3.05) is 11.9 Å². The smallest absolute Gasteiger partial charge is 0.282 e. The van der Waals surface area contributed by atoms with E-state index in [-0.39, 0.29) is 34.5 Å². The summed E-state index contributed by atoms with van der Waals surface area (Å²) in [4.78, 5) is 30.5. The van der Waals surface area contributed by atoms with E-state index in [1.165, 1.54) is 29.3 Å². The van der Waals surface area contributed by atoms with Gasteiger partial charge in [-0.1, -0.05) is 58.9 Å². The third-order valence-corrected chi connectivity index (χ3v) is 7.38. The number of anilines is 1. The predicted molar refractivity (Wildman–Crippen MR) is 154 cm³/mol. The molecule has 200 valence electrons. The molecule has 1 N–H and O–H groups in total. The van der Waals surface area contributed by atoms with Crippen molar-refractivity contribution >= 4 is 56.2 Å². The Bertz CT molecular complexity index is 1620. The van der Waals surface area contributed by atoms with Gasteiger partial charge in [-0.05, 0) is 66.9 Å². The van der Waals surface area contributed by atoms with Gasteiger partial charge in [0.25, 0.3) is 11.5 Å². The number of amides is 1. The number of ether oxygens (including phenoxy) is 1. The summed E-state index contributed by atoms with van der Waals surface area (Å²) in [5.41, 5.74) is 1.13. The zero-order valence-corrected chi connectivity index (χ0v) is 23.2. The van der Waals surface area contributed by atoms with E-state index < -0.39 is 11.7 Å². The first-order valence-corrected chi connectivity index (χ1v) is 13.8. The number of hydrogen-bond donors (Lipinski definition) is 1. The monoisotopic (exact) mass is 610 g/mol. The van der Waals surface area contributed by atoms with E-state index in [1.807, 2.05) is 12.1 Å². The first-order chi connectivity index (χ1) is 18.9. The quantitative estimate of drug-likeness (QED) is 0.231. The van der Waals surface area contributed by atoms with Gasteiger partial charge in [-0.15, -0.1) is 0 Å². The second-order valence-corrected chi connectivity index (χ2v) is 10.7. The number of carbonyl (C=O) groups is 1. The van der Waals surface area contributed by atoms with Crippen molar-refractivity contribution in [3.63, 3.8) is 0 Å². The topological polar surface area (TPSA) is 85.6 Å². The molecule has 5 rings (SSSR count). The Morgan fingerprint density at radius 1 is 1.15 bits per heavy atom. The highest BCUT2D eigenvalue weighted by Gasteiger charge is 2.22. The summed E-state index contributed by atoms with van der Waals surface area (Å²) >= 11 is 9.83. The van der Waals surface area contributed by atoms with Crippen molar-refractivity contribution in [1.82, 2.24) is 9.66 Å². The summed E-state index contributed by atoms with van der Waals surface area (Å²) in [5.74, 6) is 0.0541. The van der Waals surface area contributed by atoms with Crippen molar-refractivity contribution in [2.24, 2.45) is 5.10 Å². The fourth-order valence-corrected chi connectivity index (χ4v) is 5.24. The number of benzene rings is 3. The average molecular weight is 612 g/mol. The van der Waals surface area contributed by atoms with Crippen molar-refractivity contribution in [3.8, 4) is 5.75 Å². The van der Waals surface area contributed by atoms with E-state index in [4.69, 9.17) is 21.3 Å². The second kappa shape index (κ2) is 12.1. The van der Waals surface area contributed by atoms with E-state index in [0.29, 0.717) is 22.3 Å². The van der Waals surface area contributed by atoms with Gasteiger partial charge in [-0.25, -0.2) is 9.37 Å². The third-order valence-electron chi connectivity index (χ3n) is 6.59. The predicted octanol–water partition coefficient (Wildman–Crippen LogP) is 6.90. The van der Waals surface area contributed by atoms with Gasteiger partial charge in [0, 0.05) is 10.4 Å². The molecule has 39 heavy (non-hydrogen) atoms. The minimum atomic E-state index is -0.535. The first kappa shape index (κ1) is 27.0. The molecular weight excluding hydrogens is 587 g/mol. The van der Waals surface area contributed by atoms with Crippen molar-refractivity contribution in [2.45, 2.75) is 38.0 Å². The number of halogens is 3. The van der Waals surface area contributed by atoms with Gasteiger partial charge >= 0.3 is 0 Å². The lowest BCUT2D eigenvalue weighted by Gasteiger charge is -2.22. The average Bonchev–Trinajstić information content (AvgIpc) is 2.94. The highest BCUT2D eigenvalue weighted by molar-refractivity contribution is 9.10. The van der Waals surface area contributed by atoms with Gasteiger partial charge in [0.1, 0.15) is 17.4 Å². The second-order valence-electron chi connectivity index (χ2n) is 9.33. The van der Waals surface area contributed by atoms with Crippen LogP contribution in [-0.2, 0) is 4.79 Å². The molecule has 0 bridgehead atoms. The molecule has 1 saturated carbocycles. The van der Waals surface area contributed by atoms with Crippen LogP contribution in [0.15, 0.2) is 75.0 Å². The fraction of sp³-hybridized carbons (Fsp3) is 0.241. The van der Waals surface area contributed by atoms with Gasteiger partial charge < -0.3 is 10.1 Å². The van der Waals surface area contributed by atoms with Crippen LogP contribution >= 0.6 is 27.5 Å². The van der Waals surface area contributed by atoms with Crippen LogP contribution < -0.4 is 15.6 Å². The van der Waals surface area contributed by atoms with Gasteiger partial charge in [-0.2, -0.15) is 9.78 Å². The van der Waals surface area contributed by atoms with Crippen LogP contribution in [0.5, 0.6) is 5.75 Å². The first-order valence-electron chi connectivity index (χ1n) is 12.6. The molecule has 10 heteroatoms. The molecule has 1 aliphatic carbocycles. The lowest BCUT2D eigenvalue weighted by atomic mass is 9.88. The molecule has 7 nitrogen and oxygen atoms in total. The molecule has 0 radical (unpaired) electrons. The van der Waals surface area contributed by atoms with Crippen LogP contribution in [0.1, 0.15) is 49.4 Å². The Balaban J connectivity index is 1.36. The maximum atomic E-state index is 13.8. The third kappa shape index (κ3) is 6.37. The largest absolute Gasteiger partial charge is 0.482 e. The number of fused-ring (bicyclic) bond motifs is 1. The molecule has 0 aliphatic heterocycles. The lowest BCUT2D eigenvalue weighted by molar-refractivity contribution is -0.118. The van der Waals surface area contributed by atoms with Crippen LogP contribution in [0.3, 0.4) is 0 Å². The van der Waals surface area contributed by atoms with E-state index in [1.54, 1.807) is 36.5 Å². The van der Waals surface area contributed by atoms with E-state index in [9.17, 15) is 14.0 Å². The molecule has 0 spiro atoms. The summed E-state index contributed by atoms with van der Waals surface area (Å²) in [6.07, 6.45) is 6.86. The lowest BCUT2D eigenvalue weighted by Crippen LogP contribution is -2.25. The van der Waals surface area contributed by atoms with Crippen LogP contribution in [0, 0.1) is 5.82 Å². The molecule has 1 aromatic heterocycles. The Kier molecular flexibility index (Phi) is 8.38. The normalized spacial score (nSPS) is 14.1. The van der Waals surface area contributed by atoms with Crippen LogP contribution in [0.25, 0.3) is 10.9 Å². The van der Waals surface area contributed by atoms with Gasteiger partial charge in [0.2, 0.25) is 0 Å². The molecule has 1 fully saturated rings. The van der Waals surface area contributed by atoms with E-state index >= 15 is 0 Å². The van der Waals surface area contributed by atoms with Gasteiger partial charge in [0.15, 0.2) is 6.61 Å². The SMILES string of the molecule is O=C(COc1ccc(C=Nn2c(C3CCCCC3)nc3ccc(Br)cc3c2=O)cc1Cl)Nc1ccccc1F. The molecule has 3 aromatic carbocycles. The standard InChI is InChI=1S/C29H25BrClFN4O3/c30-20-11-12-24-21(15-20)29(38)36(28(35-24)19-6-2-1-3-7-19)33-16-18-10-13-26(22(31)14-18)39-17-27(37)34-25-9-5-4-8-23(25)32/h4-5,8-16,19H,1-3,6-7,17H2,(H,34,37). The number of para-hydroxylation sites is 1. The maximum absolute atomic E-state index is 13.8. The zero-order chi connectivity index (χ0) is 27.4. The molecule has 1 heterocycles. The molecular formula is C29H25BrClFN4O3. The number of nitrogens with one attached hydrogen (secondary N) is 1. The molecule has 0 atom stereocenters. The zero-order valence-electron chi connectivity index (χ0n) is 20.9. The minimum Gasteiger partial charge on any atom is -0.482 e. The highest BCUT2D eigenvalue weighted by atomic mass is 79.9.